The van der Waals surface area contributed by atoms with Crippen LogP contribution in [0.1, 0.15) is 48.3 Å². The lowest BCUT2D eigenvalue weighted by Crippen LogP contribution is -2.50. The van der Waals surface area contributed by atoms with E-state index < -0.39 is 0 Å². The van der Waals surface area contributed by atoms with Crippen LogP contribution in [0.5, 0.6) is 0 Å². The second-order valence-corrected chi connectivity index (χ2v) is 10.6. The van der Waals surface area contributed by atoms with Crippen LogP contribution in [-0.4, -0.2) is 51.6 Å². The summed E-state index contributed by atoms with van der Waals surface area (Å²) in [5.74, 6) is 1.04. The topological polar surface area (TPSA) is 77.2 Å². The maximum Gasteiger partial charge on any atom is 0.321 e. The molecule has 0 radical (unpaired) electrons. The molecule has 1 fully saturated rings. The second kappa shape index (κ2) is 11.9. The van der Waals surface area contributed by atoms with E-state index in [0.29, 0.717) is 24.3 Å². The van der Waals surface area contributed by atoms with Gasteiger partial charge in [-0.05, 0) is 79.8 Å². The number of nitrogens with zero attached hydrogens (tertiary/aromatic N) is 5. The lowest BCUT2D eigenvalue weighted by Gasteiger charge is -2.39. The Balaban J connectivity index is 1.26. The van der Waals surface area contributed by atoms with Crippen molar-refractivity contribution in [3.63, 3.8) is 0 Å². The van der Waals surface area contributed by atoms with Crippen LogP contribution in [0.25, 0.3) is 5.57 Å². The van der Waals surface area contributed by atoms with E-state index in [9.17, 15) is 4.79 Å². The average Bonchev–Trinajstić information content (AvgIpc) is 3.30. The number of piperazine rings is 1. The molecule has 0 spiro atoms. The molecule has 1 unspecified atom stereocenters. The van der Waals surface area contributed by atoms with E-state index in [1.165, 1.54) is 22.3 Å². The number of amides is 2. The third-order valence-corrected chi connectivity index (χ3v) is 7.77. The Labute approximate surface area is 235 Å². The molecule has 2 aliphatic rings. The molecule has 39 heavy (non-hydrogen) atoms. The van der Waals surface area contributed by atoms with Gasteiger partial charge in [0.2, 0.25) is 0 Å². The molecule has 1 N–H and O–H groups in total. The van der Waals surface area contributed by atoms with Gasteiger partial charge in [-0.15, -0.1) is 0 Å². The van der Waals surface area contributed by atoms with Crippen LogP contribution in [-0.2, 0) is 6.54 Å². The molecular weight excluding hydrogens is 508 g/mol. The smallest absolute Gasteiger partial charge is 0.321 e. The summed E-state index contributed by atoms with van der Waals surface area (Å²) in [4.78, 5) is 21.5. The number of aromatic nitrogens is 2. The summed E-state index contributed by atoms with van der Waals surface area (Å²) in [6, 6.07) is 15.3. The van der Waals surface area contributed by atoms with Crippen molar-refractivity contribution in [3.05, 3.63) is 100 Å². The zero-order valence-corrected chi connectivity index (χ0v) is 23.2. The largest absolute Gasteiger partial charge is 0.335 e. The molecule has 1 aliphatic carbocycles. The van der Waals surface area contributed by atoms with Gasteiger partial charge < -0.3 is 14.8 Å². The van der Waals surface area contributed by atoms with Crippen LogP contribution < -0.4 is 5.32 Å². The standard InChI is InChI=1S/C31H33ClN6O/c1-22-18-25(4-3-12-36-13-11-34-23(36)2)29-20-26(32)7-10-28(29)30(19-22)37-14-16-38(17-15-37)31(39)35-27-8-5-24(21-33)6-9-27/h5-11,13,18-20,30H,3-4,12,14-17H2,1-2H3,(H,35,39). The zero-order valence-electron chi connectivity index (χ0n) is 22.4. The van der Waals surface area contributed by atoms with Gasteiger partial charge in [0.1, 0.15) is 5.82 Å². The predicted molar refractivity (Wildman–Crippen MR) is 155 cm³/mol. The van der Waals surface area contributed by atoms with Crippen molar-refractivity contribution in [2.24, 2.45) is 0 Å². The van der Waals surface area contributed by atoms with Crippen molar-refractivity contribution in [2.75, 3.05) is 31.5 Å². The van der Waals surface area contributed by atoms with Gasteiger partial charge in [0.15, 0.2) is 0 Å². The number of nitriles is 1. The van der Waals surface area contributed by atoms with Gasteiger partial charge in [-0.25, -0.2) is 9.78 Å². The number of hydrogen-bond donors (Lipinski definition) is 1. The number of benzene rings is 2. The van der Waals surface area contributed by atoms with Crippen LogP contribution in [0.2, 0.25) is 5.02 Å². The highest BCUT2D eigenvalue weighted by Crippen LogP contribution is 2.38. The number of allylic oxidation sites excluding steroid dienone is 3. The van der Waals surface area contributed by atoms with E-state index in [-0.39, 0.29) is 12.1 Å². The number of halogens is 1. The summed E-state index contributed by atoms with van der Waals surface area (Å²) in [6.45, 7) is 7.95. The van der Waals surface area contributed by atoms with Gasteiger partial charge in [0, 0.05) is 55.8 Å². The monoisotopic (exact) mass is 540 g/mol. The fraction of sp³-hybridized carbons (Fsp3) is 0.323. The van der Waals surface area contributed by atoms with Gasteiger partial charge in [-0.3, -0.25) is 4.90 Å². The highest BCUT2D eigenvalue weighted by Gasteiger charge is 2.29. The minimum atomic E-state index is -0.115. The molecule has 0 saturated carbocycles. The van der Waals surface area contributed by atoms with E-state index >= 15 is 0 Å². The zero-order chi connectivity index (χ0) is 27.4. The molecule has 1 aromatic heterocycles. The molecule has 2 aromatic carbocycles. The second-order valence-electron chi connectivity index (χ2n) is 10.2. The minimum absolute atomic E-state index is 0.115. The van der Waals surface area contributed by atoms with Crippen molar-refractivity contribution in [1.82, 2.24) is 19.4 Å². The maximum absolute atomic E-state index is 12.9. The van der Waals surface area contributed by atoms with Crippen molar-refractivity contribution >= 4 is 28.9 Å². The lowest BCUT2D eigenvalue weighted by molar-refractivity contribution is 0.128. The Bertz CT molecular complexity index is 1440. The summed E-state index contributed by atoms with van der Waals surface area (Å²) in [7, 11) is 0. The Morgan fingerprint density at radius 1 is 1.13 bits per heavy atom. The summed E-state index contributed by atoms with van der Waals surface area (Å²) >= 11 is 6.50. The molecule has 3 aromatic rings. The number of hydrogen-bond acceptors (Lipinski definition) is 4. The van der Waals surface area contributed by atoms with E-state index in [1.54, 1.807) is 24.3 Å². The van der Waals surface area contributed by atoms with Gasteiger partial charge in [-0.1, -0.05) is 35.4 Å². The number of aryl methyl sites for hydroxylation is 2. The molecule has 1 saturated heterocycles. The van der Waals surface area contributed by atoms with Gasteiger partial charge in [0.25, 0.3) is 0 Å². The van der Waals surface area contributed by atoms with E-state index in [2.05, 4.69) is 57.0 Å². The normalized spacial score (nSPS) is 17.5. The molecule has 2 amide bonds. The van der Waals surface area contributed by atoms with Crippen LogP contribution in [0, 0.1) is 18.3 Å². The first-order valence-corrected chi connectivity index (χ1v) is 13.8. The molecule has 7 nitrogen and oxygen atoms in total. The fourth-order valence-corrected chi connectivity index (χ4v) is 5.60. The minimum Gasteiger partial charge on any atom is -0.335 e. The number of fused-ring (bicyclic) bond motifs is 1. The highest BCUT2D eigenvalue weighted by molar-refractivity contribution is 6.30. The number of imidazole rings is 1. The molecule has 2 heterocycles. The van der Waals surface area contributed by atoms with Crippen LogP contribution >= 0.6 is 11.6 Å². The summed E-state index contributed by atoms with van der Waals surface area (Å²) < 4.78 is 2.19. The summed E-state index contributed by atoms with van der Waals surface area (Å²) in [5.41, 5.74) is 6.28. The third-order valence-electron chi connectivity index (χ3n) is 7.53. The Hall–Kier alpha value is -3.86. The number of anilines is 1. The van der Waals surface area contributed by atoms with Crippen LogP contribution in [0.4, 0.5) is 10.5 Å². The fourth-order valence-electron chi connectivity index (χ4n) is 5.43. The van der Waals surface area contributed by atoms with E-state index in [1.807, 2.05) is 30.3 Å². The summed E-state index contributed by atoms with van der Waals surface area (Å²) in [6.07, 6.45) is 10.5. The quantitative estimate of drug-likeness (QED) is 0.391. The van der Waals surface area contributed by atoms with E-state index in [0.717, 1.165) is 43.3 Å². The first-order chi connectivity index (χ1) is 18.9. The SMILES string of the molecule is CC1=CC(N2CCN(C(=O)Nc3ccc(C#N)cc3)CC2)c2ccc(Cl)cc2C(CCCn2ccnc2C)=C1. The number of rotatable bonds is 6. The molecule has 1 atom stereocenters. The highest BCUT2D eigenvalue weighted by atomic mass is 35.5. The molecule has 8 heteroatoms. The van der Waals surface area contributed by atoms with Gasteiger partial charge in [-0.2, -0.15) is 5.26 Å². The molecule has 200 valence electrons. The number of urea groups is 1. The first kappa shape index (κ1) is 26.7. The molecule has 0 bridgehead atoms. The first-order valence-electron chi connectivity index (χ1n) is 13.4. The van der Waals surface area contributed by atoms with Gasteiger partial charge >= 0.3 is 6.03 Å². The predicted octanol–water partition coefficient (Wildman–Crippen LogP) is 6.43. The van der Waals surface area contributed by atoms with Gasteiger partial charge in [0.05, 0.1) is 17.7 Å². The average molecular weight is 541 g/mol. The molecular formula is C31H33ClN6O. The lowest BCUT2D eigenvalue weighted by atomic mass is 9.93. The number of nitrogens with one attached hydrogen (secondary N) is 1. The number of carbonyl (C=O) groups excluding carboxylic acids is 1. The maximum atomic E-state index is 12.9. The Kier molecular flexibility index (Phi) is 8.16. The van der Waals surface area contributed by atoms with Crippen molar-refractivity contribution in [2.45, 2.75) is 39.3 Å². The van der Waals surface area contributed by atoms with Crippen molar-refractivity contribution < 1.29 is 4.79 Å². The Morgan fingerprint density at radius 3 is 2.59 bits per heavy atom. The molecule has 1 aliphatic heterocycles. The van der Waals surface area contributed by atoms with Crippen molar-refractivity contribution in [1.29, 1.82) is 5.26 Å². The Morgan fingerprint density at radius 2 is 1.90 bits per heavy atom. The van der Waals surface area contributed by atoms with E-state index in [4.69, 9.17) is 16.9 Å². The van der Waals surface area contributed by atoms with Crippen molar-refractivity contribution in [3.8, 4) is 6.07 Å². The van der Waals surface area contributed by atoms with Crippen LogP contribution in [0.15, 0.2) is 72.6 Å². The number of carbonyl (C=O) groups is 1. The summed E-state index contributed by atoms with van der Waals surface area (Å²) in [5, 5.41) is 12.7. The van der Waals surface area contributed by atoms with Crippen LogP contribution in [0.3, 0.4) is 0 Å². The third kappa shape index (κ3) is 6.25. The molecule has 5 rings (SSSR count).